The maximum atomic E-state index is 12.5. The number of hydrogen-bond donors (Lipinski definition) is 1. The summed E-state index contributed by atoms with van der Waals surface area (Å²) in [6.45, 7) is 3.17. The van der Waals surface area contributed by atoms with Crippen LogP contribution in [-0.2, 0) is 11.2 Å². The summed E-state index contributed by atoms with van der Waals surface area (Å²) in [5.41, 5.74) is 2.11. The summed E-state index contributed by atoms with van der Waals surface area (Å²) >= 11 is 5.65. The SMILES string of the molecule is O=C1OC[C@H](Cc2ccccc2)N1C1CCN(C(=S)Nc2ccc3c(c2)OCCO3)CC1. The molecule has 0 aliphatic carbocycles. The van der Waals surface area contributed by atoms with Crippen molar-refractivity contribution in [2.75, 3.05) is 38.2 Å². The van der Waals surface area contributed by atoms with Gasteiger partial charge in [-0.1, -0.05) is 30.3 Å². The zero-order chi connectivity index (χ0) is 21.9. The zero-order valence-corrected chi connectivity index (χ0v) is 18.7. The molecule has 3 heterocycles. The van der Waals surface area contributed by atoms with Gasteiger partial charge >= 0.3 is 6.09 Å². The van der Waals surface area contributed by atoms with Crippen molar-refractivity contribution in [3.63, 3.8) is 0 Å². The summed E-state index contributed by atoms with van der Waals surface area (Å²) in [5, 5.41) is 4.00. The van der Waals surface area contributed by atoms with Gasteiger partial charge in [0.1, 0.15) is 19.8 Å². The summed E-state index contributed by atoms with van der Waals surface area (Å²) in [6.07, 6.45) is 2.35. The van der Waals surface area contributed by atoms with Crippen molar-refractivity contribution in [2.24, 2.45) is 0 Å². The van der Waals surface area contributed by atoms with Gasteiger partial charge in [0.05, 0.1) is 6.04 Å². The lowest BCUT2D eigenvalue weighted by Gasteiger charge is -2.39. The van der Waals surface area contributed by atoms with E-state index in [1.807, 2.05) is 41.3 Å². The molecule has 0 spiro atoms. The third-order valence-corrected chi connectivity index (χ3v) is 6.62. The molecule has 168 valence electrons. The van der Waals surface area contributed by atoms with Crippen molar-refractivity contribution in [2.45, 2.75) is 31.3 Å². The van der Waals surface area contributed by atoms with E-state index < -0.39 is 0 Å². The molecule has 7 nitrogen and oxygen atoms in total. The Morgan fingerprint density at radius 2 is 1.75 bits per heavy atom. The molecule has 0 aromatic heterocycles. The number of benzene rings is 2. The Kier molecular flexibility index (Phi) is 6.03. The number of piperidine rings is 1. The number of carbonyl (C=O) groups is 1. The number of thiocarbonyl (C=S) groups is 1. The normalized spacial score (nSPS) is 20.8. The molecule has 1 atom stereocenters. The number of hydrogen-bond acceptors (Lipinski definition) is 5. The first-order chi connectivity index (χ1) is 15.7. The van der Waals surface area contributed by atoms with E-state index in [1.165, 1.54) is 5.56 Å². The number of ether oxygens (including phenoxy) is 3. The maximum Gasteiger partial charge on any atom is 0.410 e. The topological polar surface area (TPSA) is 63.3 Å². The van der Waals surface area contributed by atoms with Crippen molar-refractivity contribution in [1.29, 1.82) is 0 Å². The molecular formula is C24H27N3O4S. The second-order valence-corrected chi connectivity index (χ2v) is 8.72. The lowest BCUT2D eigenvalue weighted by atomic mass is 9.99. The van der Waals surface area contributed by atoms with E-state index >= 15 is 0 Å². The van der Waals surface area contributed by atoms with E-state index in [4.69, 9.17) is 26.4 Å². The summed E-state index contributed by atoms with van der Waals surface area (Å²) in [6, 6.07) is 16.3. The lowest BCUT2D eigenvalue weighted by Crippen LogP contribution is -2.50. The molecule has 2 fully saturated rings. The predicted octanol–water partition coefficient (Wildman–Crippen LogP) is 3.68. The van der Waals surface area contributed by atoms with Gasteiger partial charge in [-0.05, 0) is 49.2 Å². The van der Waals surface area contributed by atoms with Crippen LogP contribution in [0.25, 0.3) is 0 Å². The molecule has 32 heavy (non-hydrogen) atoms. The minimum atomic E-state index is -0.193. The molecule has 2 aromatic rings. The number of nitrogens with zero attached hydrogens (tertiary/aromatic N) is 2. The van der Waals surface area contributed by atoms with E-state index in [1.54, 1.807) is 0 Å². The molecule has 3 aliphatic heterocycles. The van der Waals surface area contributed by atoms with Crippen molar-refractivity contribution in [1.82, 2.24) is 9.80 Å². The smallest absolute Gasteiger partial charge is 0.410 e. The number of carbonyl (C=O) groups excluding carboxylic acids is 1. The van der Waals surface area contributed by atoms with Crippen molar-refractivity contribution >= 4 is 29.1 Å². The zero-order valence-electron chi connectivity index (χ0n) is 17.9. The molecule has 0 bridgehead atoms. The fraction of sp³-hybridized carbons (Fsp3) is 0.417. The Morgan fingerprint density at radius 1 is 1.00 bits per heavy atom. The molecule has 2 saturated heterocycles. The maximum absolute atomic E-state index is 12.5. The van der Waals surface area contributed by atoms with E-state index in [2.05, 4.69) is 22.3 Å². The van der Waals surface area contributed by atoms with Crippen LogP contribution in [0.2, 0.25) is 0 Å². The minimum Gasteiger partial charge on any atom is -0.486 e. The fourth-order valence-electron chi connectivity index (χ4n) is 4.63. The van der Waals surface area contributed by atoms with E-state index in [-0.39, 0.29) is 18.2 Å². The molecule has 1 amide bonds. The monoisotopic (exact) mass is 453 g/mol. The van der Waals surface area contributed by atoms with Gasteiger partial charge in [-0.25, -0.2) is 4.79 Å². The molecular weight excluding hydrogens is 426 g/mol. The molecule has 0 radical (unpaired) electrons. The average Bonchev–Trinajstić information content (AvgIpc) is 3.19. The highest BCUT2D eigenvalue weighted by molar-refractivity contribution is 7.80. The summed E-state index contributed by atoms with van der Waals surface area (Å²) < 4.78 is 16.6. The van der Waals surface area contributed by atoms with Gasteiger partial charge in [0.15, 0.2) is 16.6 Å². The van der Waals surface area contributed by atoms with Gasteiger partial charge in [0.25, 0.3) is 0 Å². The van der Waals surface area contributed by atoms with Crippen LogP contribution in [0.15, 0.2) is 48.5 Å². The number of nitrogens with one attached hydrogen (secondary N) is 1. The molecule has 0 saturated carbocycles. The van der Waals surface area contributed by atoms with Gasteiger partial charge in [0.2, 0.25) is 0 Å². The molecule has 1 N–H and O–H groups in total. The Morgan fingerprint density at radius 3 is 2.53 bits per heavy atom. The standard InChI is InChI=1S/C24H27N3O4S/c28-24-27(20(16-31-24)14-17-4-2-1-3-5-17)19-8-10-26(11-9-19)23(32)25-18-6-7-21-22(15-18)30-13-12-29-21/h1-7,15,19-20H,8-14,16H2,(H,25,32)/t20-/m0/s1. The third kappa shape index (κ3) is 4.46. The van der Waals surface area contributed by atoms with Crippen LogP contribution in [0.5, 0.6) is 11.5 Å². The van der Waals surface area contributed by atoms with Crippen LogP contribution in [0.1, 0.15) is 18.4 Å². The number of anilines is 1. The van der Waals surface area contributed by atoms with Gasteiger partial charge in [-0.15, -0.1) is 0 Å². The van der Waals surface area contributed by atoms with Gasteiger partial charge in [-0.3, -0.25) is 4.90 Å². The highest BCUT2D eigenvalue weighted by Gasteiger charge is 2.39. The van der Waals surface area contributed by atoms with Crippen molar-refractivity contribution in [3.05, 3.63) is 54.1 Å². The van der Waals surface area contributed by atoms with Crippen molar-refractivity contribution < 1.29 is 19.0 Å². The van der Waals surface area contributed by atoms with Crippen LogP contribution < -0.4 is 14.8 Å². The molecule has 3 aliphatic rings. The van der Waals surface area contributed by atoms with Crippen LogP contribution in [0, 0.1) is 0 Å². The Bertz CT molecular complexity index is 978. The van der Waals surface area contributed by atoms with Gasteiger partial charge < -0.3 is 24.4 Å². The minimum absolute atomic E-state index is 0.0873. The van der Waals surface area contributed by atoms with Crippen LogP contribution >= 0.6 is 12.2 Å². The van der Waals surface area contributed by atoms with E-state index in [0.717, 1.165) is 49.5 Å². The van der Waals surface area contributed by atoms with E-state index in [9.17, 15) is 4.79 Å². The second kappa shape index (κ2) is 9.24. The average molecular weight is 454 g/mol. The van der Waals surface area contributed by atoms with Crippen LogP contribution in [-0.4, -0.2) is 66.0 Å². The summed E-state index contributed by atoms with van der Waals surface area (Å²) in [5.74, 6) is 1.50. The lowest BCUT2D eigenvalue weighted by molar-refractivity contribution is 0.123. The first-order valence-corrected chi connectivity index (χ1v) is 11.5. The van der Waals surface area contributed by atoms with Crippen molar-refractivity contribution in [3.8, 4) is 11.5 Å². The predicted molar refractivity (Wildman–Crippen MR) is 125 cm³/mol. The van der Waals surface area contributed by atoms with Gasteiger partial charge in [0, 0.05) is 30.9 Å². The highest BCUT2D eigenvalue weighted by atomic mass is 32.1. The fourth-order valence-corrected chi connectivity index (χ4v) is 4.93. The van der Waals surface area contributed by atoms with Gasteiger partial charge in [-0.2, -0.15) is 0 Å². The second-order valence-electron chi connectivity index (χ2n) is 8.33. The molecule has 8 heteroatoms. The van der Waals surface area contributed by atoms with Crippen LogP contribution in [0.4, 0.5) is 10.5 Å². The van der Waals surface area contributed by atoms with Crippen LogP contribution in [0.3, 0.4) is 0 Å². The summed E-state index contributed by atoms with van der Waals surface area (Å²) in [4.78, 5) is 16.6. The molecule has 2 aromatic carbocycles. The number of amides is 1. The Labute approximate surface area is 193 Å². The summed E-state index contributed by atoms with van der Waals surface area (Å²) in [7, 11) is 0. The highest BCUT2D eigenvalue weighted by Crippen LogP contribution is 2.33. The quantitative estimate of drug-likeness (QED) is 0.709. The molecule has 0 unspecified atom stereocenters. The number of rotatable bonds is 4. The largest absolute Gasteiger partial charge is 0.486 e. The Balaban J connectivity index is 1.17. The molecule has 5 rings (SSSR count). The number of cyclic esters (lactones) is 1. The Hall–Kier alpha value is -3.00. The third-order valence-electron chi connectivity index (χ3n) is 6.26. The number of likely N-dealkylation sites (tertiary alicyclic amines) is 1. The first kappa shape index (κ1) is 20.9. The first-order valence-electron chi connectivity index (χ1n) is 11.1. The van der Waals surface area contributed by atoms with E-state index in [0.29, 0.717) is 24.9 Å². The number of fused-ring (bicyclic) bond motifs is 1.